The highest BCUT2D eigenvalue weighted by atomic mass is 32.2. The first-order valence-electron chi connectivity index (χ1n) is 5.09. The van der Waals surface area contributed by atoms with E-state index in [9.17, 15) is 0 Å². The molecule has 1 aromatic heterocycles. The number of nitrogens with two attached hydrogens (primary N) is 1. The van der Waals surface area contributed by atoms with Crippen molar-refractivity contribution in [1.29, 1.82) is 0 Å². The molecule has 1 heterocycles. The molecule has 0 fully saturated rings. The highest BCUT2D eigenvalue weighted by Crippen LogP contribution is 2.25. The minimum absolute atomic E-state index is 0.425. The van der Waals surface area contributed by atoms with Crippen LogP contribution in [-0.4, -0.2) is 9.97 Å². The molecule has 0 amide bonds. The monoisotopic (exact) mass is 280 g/mol. The van der Waals surface area contributed by atoms with E-state index in [0.29, 0.717) is 4.99 Å². The van der Waals surface area contributed by atoms with Gasteiger partial charge in [-0.3, -0.25) is 0 Å². The molecular formula is C12H12N2S3. The molecule has 0 radical (unpaired) electrons. The number of rotatable bonds is 4. The van der Waals surface area contributed by atoms with Gasteiger partial charge in [-0.2, -0.15) is 0 Å². The highest BCUT2D eigenvalue weighted by Gasteiger charge is 2.04. The molecule has 1 aromatic carbocycles. The van der Waals surface area contributed by atoms with Crippen LogP contribution in [0.3, 0.4) is 0 Å². The van der Waals surface area contributed by atoms with Crippen LogP contribution in [-0.2, 0) is 5.75 Å². The zero-order valence-corrected chi connectivity index (χ0v) is 11.8. The number of thiocarbonyl (C=S) groups is 1. The second-order valence-corrected chi connectivity index (χ2v) is 6.19. The highest BCUT2D eigenvalue weighted by molar-refractivity contribution is 7.98. The van der Waals surface area contributed by atoms with E-state index in [0.717, 1.165) is 15.6 Å². The van der Waals surface area contributed by atoms with Gasteiger partial charge in [-0.15, -0.1) is 23.1 Å². The first kappa shape index (κ1) is 12.5. The van der Waals surface area contributed by atoms with Crippen molar-refractivity contribution in [3.63, 3.8) is 0 Å². The molecule has 0 unspecified atom stereocenters. The Bertz CT molecular complexity index is 517. The number of aryl methyl sites for hydroxylation is 1. The summed E-state index contributed by atoms with van der Waals surface area (Å²) in [6.45, 7) is 2.09. The Hall–Kier alpha value is -0.910. The van der Waals surface area contributed by atoms with E-state index in [1.54, 1.807) is 29.3 Å². The molecule has 5 heteroatoms. The van der Waals surface area contributed by atoms with E-state index in [1.165, 1.54) is 10.5 Å². The fourth-order valence-corrected chi connectivity index (χ4v) is 3.12. The molecule has 0 saturated carbocycles. The summed E-state index contributed by atoms with van der Waals surface area (Å²) < 4.78 is 0. The van der Waals surface area contributed by atoms with Gasteiger partial charge in [0.2, 0.25) is 0 Å². The van der Waals surface area contributed by atoms with E-state index in [1.807, 2.05) is 0 Å². The molecule has 0 aliphatic heterocycles. The molecule has 2 aromatic rings. The predicted octanol–water partition coefficient (Wildman–Crippen LogP) is 3.38. The third-order valence-electron chi connectivity index (χ3n) is 2.18. The molecule has 17 heavy (non-hydrogen) atoms. The van der Waals surface area contributed by atoms with Crippen LogP contribution < -0.4 is 5.73 Å². The Balaban J connectivity index is 1.97. The Labute approximate surface area is 114 Å². The predicted molar refractivity (Wildman–Crippen MR) is 78.7 cm³/mol. The van der Waals surface area contributed by atoms with Crippen molar-refractivity contribution in [2.45, 2.75) is 17.6 Å². The van der Waals surface area contributed by atoms with Gasteiger partial charge in [0.25, 0.3) is 0 Å². The van der Waals surface area contributed by atoms with Crippen LogP contribution >= 0.6 is 35.3 Å². The second kappa shape index (κ2) is 5.62. The van der Waals surface area contributed by atoms with Gasteiger partial charge in [0, 0.05) is 11.1 Å². The number of hydrogen-bond donors (Lipinski definition) is 1. The van der Waals surface area contributed by atoms with Crippen LogP contribution in [0.2, 0.25) is 0 Å². The maximum atomic E-state index is 5.55. The zero-order chi connectivity index (χ0) is 12.3. The SMILES string of the molecule is Cc1ccc(SCc2ncc(C(N)=S)s2)cc1. The fourth-order valence-electron chi connectivity index (χ4n) is 1.27. The summed E-state index contributed by atoms with van der Waals surface area (Å²) in [5.74, 6) is 0.857. The maximum absolute atomic E-state index is 5.55. The first-order valence-corrected chi connectivity index (χ1v) is 7.30. The summed E-state index contributed by atoms with van der Waals surface area (Å²) >= 11 is 8.25. The van der Waals surface area contributed by atoms with Crippen LogP contribution in [0, 0.1) is 6.92 Å². The van der Waals surface area contributed by atoms with E-state index >= 15 is 0 Å². The molecule has 88 valence electrons. The Morgan fingerprint density at radius 3 is 2.71 bits per heavy atom. The van der Waals surface area contributed by atoms with Crippen LogP contribution in [0.25, 0.3) is 0 Å². The van der Waals surface area contributed by atoms with Gasteiger partial charge in [0.05, 0.1) is 10.6 Å². The van der Waals surface area contributed by atoms with E-state index < -0.39 is 0 Å². The summed E-state index contributed by atoms with van der Waals surface area (Å²) in [5, 5.41) is 1.05. The normalized spacial score (nSPS) is 10.4. The third-order valence-corrected chi connectivity index (χ3v) is 4.77. The molecule has 0 spiro atoms. The number of nitrogens with zero attached hydrogens (tertiary/aromatic N) is 1. The van der Waals surface area contributed by atoms with Crippen molar-refractivity contribution in [2.75, 3.05) is 0 Å². The third kappa shape index (κ3) is 3.52. The maximum Gasteiger partial charge on any atom is 0.115 e. The Morgan fingerprint density at radius 1 is 1.41 bits per heavy atom. The molecule has 2 nitrogen and oxygen atoms in total. The van der Waals surface area contributed by atoms with Crippen molar-refractivity contribution in [3.8, 4) is 0 Å². The van der Waals surface area contributed by atoms with Crippen molar-refractivity contribution in [2.24, 2.45) is 5.73 Å². The number of hydrogen-bond acceptors (Lipinski definition) is 4. The van der Waals surface area contributed by atoms with E-state index in [4.69, 9.17) is 18.0 Å². The van der Waals surface area contributed by atoms with Crippen molar-refractivity contribution >= 4 is 40.3 Å². The molecular weight excluding hydrogens is 268 g/mol. The van der Waals surface area contributed by atoms with E-state index in [2.05, 4.69) is 36.2 Å². The van der Waals surface area contributed by atoms with Gasteiger partial charge in [-0.25, -0.2) is 4.98 Å². The average molecular weight is 280 g/mol. The largest absolute Gasteiger partial charge is 0.389 e. The number of thioether (sulfide) groups is 1. The first-order chi connectivity index (χ1) is 8.15. The molecule has 0 aliphatic rings. The molecule has 2 rings (SSSR count). The van der Waals surface area contributed by atoms with Gasteiger partial charge in [0.15, 0.2) is 0 Å². The van der Waals surface area contributed by atoms with Gasteiger partial charge >= 0.3 is 0 Å². The lowest BCUT2D eigenvalue weighted by molar-refractivity contribution is 1.26. The zero-order valence-electron chi connectivity index (χ0n) is 9.34. The molecule has 2 N–H and O–H groups in total. The van der Waals surface area contributed by atoms with Crippen LogP contribution in [0.1, 0.15) is 15.4 Å². The lowest BCUT2D eigenvalue weighted by Crippen LogP contribution is -2.06. The van der Waals surface area contributed by atoms with Crippen LogP contribution in [0.15, 0.2) is 35.4 Å². The van der Waals surface area contributed by atoms with Crippen LogP contribution in [0.5, 0.6) is 0 Å². The molecule has 0 aliphatic carbocycles. The summed E-state index contributed by atoms with van der Waals surface area (Å²) in [6, 6.07) is 8.49. The lowest BCUT2D eigenvalue weighted by atomic mass is 10.2. The van der Waals surface area contributed by atoms with Gasteiger partial charge in [-0.05, 0) is 19.1 Å². The Morgan fingerprint density at radius 2 is 2.12 bits per heavy atom. The molecule has 0 bridgehead atoms. The minimum atomic E-state index is 0.425. The fraction of sp³-hybridized carbons (Fsp3) is 0.167. The summed E-state index contributed by atoms with van der Waals surface area (Å²) in [5.41, 5.74) is 6.82. The summed E-state index contributed by atoms with van der Waals surface area (Å²) in [4.78, 5) is 6.87. The number of benzene rings is 1. The summed E-state index contributed by atoms with van der Waals surface area (Å²) in [6.07, 6.45) is 1.75. The van der Waals surface area contributed by atoms with Gasteiger partial charge < -0.3 is 5.73 Å². The molecule has 0 saturated heterocycles. The smallest absolute Gasteiger partial charge is 0.115 e. The quantitative estimate of drug-likeness (QED) is 0.688. The topological polar surface area (TPSA) is 38.9 Å². The van der Waals surface area contributed by atoms with E-state index in [-0.39, 0.29) is 0 Å². The second-order valence-electron chi connectivity index (χ2n) is 3.58. The van der Waals surface area contributed by atoms with Crippen molar-refractivity contribution in [3.05, 3.63) is 45.9 Å². The van der Waals surface area contributed by atoms with Crippen LogP contribution in [0.4, 0.5) is 0 Å². The minimum Gasteiger partial charge on any atom is -0.389 e. The van der Waals surface area contributed by atoms with Crippen molar-refractivity contribution in [1.82, 2.24) is 4.98 Å². The van der Waals surface area contributed by atoms with Gasteiger partial charge in [0.1, 0.15) is 10.00 Å². The number of thiazole rings is 1. The number of aromatic nitrogens is 1. The van der Waals surface area contributed by atoms with Gasteiger partial charge in [-0.1, -0.05) is 29.9 Å². The lowest BCUT2D eigenvalue weighted by Gasteiger charge is -1.99. The van der Waals surface area contributed by atoms with Crippen molar-refractivity contribution < 1.29 is 0 Å². The average Bonchev–Trinajstić information content (AvgIpc) is 2.77. The Kier molecular flexibility index (Phi) is 4.15. The standard InChI is InChI=1S/C12H12N2S3/c1-8-2-4-9(5-3-8)16-7-11-14-6-10(17-11)12(13)15/h2-6H,7H2,1H3,(H2,13,15). The summed E-state index contributed by atoms with van der Waals surface area (Å²) in [7, 11) is 0. The molecule has 0 atom stereocenters.